The Bertz CT molecular complexity index is 378. The van der Waals surface area contributed by atoms with E-state index in [1.807, 2.05) is 0 Å². The lowest BCUT2D eigenvalue weighted by molar-refractivity contribution is -0.132. The van der Waals surface area contributed by atoms with Crippen molar-refractivity contribution in [2.75, 3.05) is 0 Å². The van der Waals surface area contributed by atoms with Crippen molar-refractivity contribution in [3.8, 4) is 6.07 Å². The summed E-state index contributed by atoms with van der Waals surface area (Å²) in [5, 5.41) is 16.9. The van der Waals surface area contributed by atoms with E-state index in [1.54, 1.807) is 6.07 Å². The third-order valence-corrected chi connectivity index (χ3v) is 1.25. The summed E-state index contributed by atoms with van der Waals surface area (Å²) in [6, 6.07) is 3.07. The Hall–Kier alpha value is -2.22. The van der Waals surface area contributed by atoms with Crippen LogP contribution in [0.2, 0.25) is 0 Å². The summed E-state index contributed by atoms with van der Waals surface area (Å²) in [5.74, 6) is -1.26. The van der Waals surface area contributed by atoms with Crippen LogP contribution >= 0.6 is 0 Å². The second-order valence-corrected chi connectivity index (χ2v) is 2.11. The highest BCUT2D eigenvalue weighted by Crippen LogP contribution is 2.01. The van der Waals surface area contributed by atoms with Gasteiger partial charge in [-0.05, 0) is 12.1 Å². The quantitative estimate of drug-likeness (QED) is 0.521. The van der Waals surface area contributed by atoms with Crippen LogP contribution in [0.15, 0.2) is 24.2 Å². The summed E-state index contributed by atoms with van der Waals surface area (Å²) >= 11 is 0. The van der Waals surface area contributed by atoms with E-state index < -0.39 is 5.97 Å². The normalized spacial score (nSPS) is 10.5. The molecule has 0 spiro atoms. The monoisotopic (exact) mass is 175 g/mol. The van der Waals surface area contributed by atoms with Gasteiger partial charge < -0.3 is 5.11 Å². The van der Waals surface area contributed by atoms with Gasteiger partial charge in [0.2, 0.25) is 0 Å². The van der Waals surface area contributed by atoms with Crippen LogP contribution in [0.3, 0.4) is 0 Å². The summed E-state index contributed by atoms with van der Waals surface area (Å²) in [6.45, 7) is 0. The van der Waals surface area contributed by atoms with E-state index in [4.69, 9.17) is 10.4 Å². The van der Waals surface area contributed by atoms with E-state index in [0.717, 1.165) is 0 Å². The summed E-state index contributed by atoms with van der Waals surface area (Å²) in [4.78, 5) is 17.8. The molecule has 1 aromatic heterocycles. The molecule has 64 valence electrons. The lowest BCUT2D eigenvalue weighted by Crippen LogP contribution is -1.97. The van der Waals surface area contributed by atoms with Gasteiger partial charge in [0.25, 0.3) is 0 Å². The zero-order valence-electron chi connectivity index (χ0n) is 6.51. The van der Waals surface area contributed by atoms with E-state index in [0.29, 0.717) is 5.69 Å². The van der Waals surface area contributed by atoms with E-state index in [1.165, 1.54) is 24.7 Å². The Kier molecular flexibility index (Phi) is 2.71. The molecule has 1 heterocycles. The van der Waals surface area contributed by atoms with E-state index >= 15 is 0 Å². The Morgan fingerprint density at radius 2 is 2.46 bits per heavy atom. The molecule has 0 atom stereocenters. The van der Waals surface area contributed by atoms with E-state index in [9.17, 15) is 4.79 Å². The van der Waals surface area contributed by atoms with Gasteiger partial charge in [0.15, 0.2) is 0 Å². The summed E-state index contributed by atoms with van der Waals surface area (Å²) < 4.78 is 0. The number of carbonyl (C=O) groups is 1. The zero-order chi connectivity index (χ0) is 9.68. The first kappa shape index (κ1) is 8.87. The standard InChI is InChI=1S/C8H5N3O2/c9-4-6(8(12)13)3-7-1-2-10-5-11-7/h1-3,5H,(H,12,13). The van der Waals surface area contributed by atoms with Crippen molar-refractivity contribution >= 4 is 12.0 Å². The van der Waals surface area contributed by atoms with Gasteiger partial charge in [-0.1, -0.05) is 0 Å². The first-order valence-corrected chi connectivity index (χ1v) is 3.35. The van der Waals surface area contributed by atoms with Gasteiger partial charge in [-0.3, -0.25) is 0 Å². The third kappa shape index (κ3) is 2.38. The summed E-state index contributed by atoms with van der Waals surface area (Å²) in [5.41, 5.74) is 0.0488. The lowest BCUT2D eigenvalue weighted by Gasteiger charge is -1.90. The molecule has 0 saturated heterocycles. The van der Waals surface area contributed by atoms with Crippen molar-refractivity contribution in [1.82, 2.24) is 9.97 Å². The lowest BCUT2D eigenvalue weighted by atomic mass is 10.2. The number of aliphatic carboxylic acids is 1. The van der Waals surface area contributed by atoms with Crippen molar-refractivity contribution in [3.05, 3.63) is 29.9 Å². The molecule has 0 aliphatic heterocycles. The molecule has 0 bridgehead atoms. The average molecular weight is 175 g/mol. The molecule has 1 rings (SSSR count). The topological polar surface area (TPSA) is 86.9 Å². The Labute approximate surface area is 74.0 Å². The molecular weight excluding hydrogens is 170 g/mol. The van der Waals surface area contributed by atoms with Crippen LogP contribution in [-0.2, 0) is 4.79 Å². The highest BCUT2D eigenvalue weighted by molar-refractivity contribution is 5.96. The van der Waals surface area contributed by atoms with Crippen LogP contribution in [-0.4, -0.2) is 21.0 Å². The maximum atomic E-state index is 10.4. The largest absolute Gasteiger partial charge is 0.477 e. The zero-order valence-corrected chi connectivity index (χ0v) is 6.51. The number of rotatable bonds is 2. The molecule has 0 radical (unpaired) electrons. The van der Waals surface area contributed by atoms with Gasteiger partial charge in [0.1, 0.15) is 18.0 Å². The van der Waals surface area contributed by atoms with E-state index in [2.05, 4.69) is 9.97 Å². The molecule has 0 aromatic carbocycles. The third-order valence-electron chi connectivity index (χ3n) is 1.25. The molecule has 0 fully saturated rings. The van der Waals surface area contributed by atoms with Crippen molar-refractivity contribution < 1.29 is 9.90 Å². The van der Waals surface area contributed by atoms with Crippen molar-refractivity contribution in [1.29, 1.82) is 5.26 Å². The second kappa shape index (κ2) is 3.97. The molecule has 5 heteroatoms. The first-order valence-electron chi connectivity index (χ1n) is 3.35. The number of hydrogen-bond acceptors (Lipinski definition) is 4. The number of carboxylic acids is 1. The molecule has 1 aromatic rings. The van der Waals surface area contributed by atoms with Crippen molar-refractivity contribution in [2.24, 2.45) is 0 Å². The van der Waals surface area contributed by atoms with Crippen molar-refractivity contribution in [2.45, 2.75) is 0 Å². The predicted octanol–water partition coefficient (Wildman–Crippen LogP) is 0.468. The fourth-order valence-electron chi connectivity index (χ4n) is 0.676. The number of aromatic nitrogens is 2. The van der Waals surface area contributed by atoms with Gasteiger partial charge in [-0.25, -0.2) is 14.8 Å². The smallest absolute Gasteiger partial charge is 0.346 e. The highest BCUT2D eigenvalue weighted by Gasteiger charge is 2.05. The van der Waals surface area contributed by atoms with Gasteiger partial charge >= 0.3 is 5.97 Å². The highest BCUT2D eigenvalue weighted by atomic mass is 16.4. The van der Waals surface area contributed by atoms with Crippen LogP contribution < -0.4 is 0 Å². The molecule has 0 amide bonds. The molecule has 13 heavy (non-hydrogen) atoms. The molecule has 0 unspecified atom stereocenters. The first-order chi connectivity index (χ1) is 6.24. The van der Waals surface area contributed by atoms with Crippen LogP contribution in [0.4, 0.5) is 0 Å². The van der Waals surface area contributed by atoms with Crippen LogP contribution in [0, 0.1) is 11.3 Å². The average Bonchev–Trinajstić information content (AvgIpc) is 2.15. The molecule has 0 aliphatic carbocycles. The molecule has 0 aliphatic rings. The predicted molar refractivity (Wildman–Crippen MR) is 43.3 cm³/mol. The minimum atomic E-state index is -1.26. The van der Waals surface area contributed by atoms with Gasteiger partial charge in [-0.2, -0.15) is 5.26 Å². The van der Waals surface area contributed by atoms with Crippen LogP contribution in [0.25, 0.3) is 6.08 Å². The van der Waals surface area contributed by atoms with Crippen LogP contribution in [0.1, 0.15) is 5.69 Å². The summed E-state index contributed by atoms with van der Waals surface area (Å²) in [6.07, 6.45) is 3.93. The SMILES string of the molecule is N#CC(=Cc1ccncn1)C(=O)O. The molecular formula is C8H5N3O2. The Morgan fingerprint density at radius 1 is 1.69 bits per heavy atom. The number of hydrogen-bond donors (Lipinski definition) is 1. The van der Waals surface area contributed by atoms with E-state index in [-0.39, 0.29) is 5.57 Å². The Morgan fingerprint density at radius 3 is 2.92 bits per heavy atom. The molecule has 5 nitrogen and oxygen atoms in total. The number of carboxylic acid groups (broad SMARTS) is 1. The minimum absolute atomic E-state index is 0.348. The molecule has 0 saturated carbocycles. The summed E-state index contributed by atoms with van der Waals surface area (Å²) in [7, 11) is 0. The van der Waals surface area contributed by atoms with Crippen LogP contribution in [0.5, 0.6) is 0 Å². The number of nitrogens with zero attached hydrogens (tertiary/aromatic N) is 3. The van der Waals surface area contributed by atoms with Crippen molar-refractivity contribution in [3.63, 3.8) is 0 Å². The number of nitriles is 1. The van der Waals surface area contributed by atoms with Gasteiger partial charge in [-0.15, -0.1) is 0 Å². The Balaban J connectivity index is 3.01. The minimum Gasteiger partial charge on any atom is -0.477 e. The molecule has 1 N–H and O–H groups in total. The van der Waals surface area contributed by atoms with Gasteiger partial charge in [0.05, 0.1) is 5.69 Å². The fourth-order valence-corrected chi connectivity index (χ4v) is 0.676. The second-order valence-electron chi connectivity index (χ2n) is 2.11. The van der Waals surface area contributed by atoms with Gasteiger partial charge in [0, 0.05) is 6.20 Å². The maximum absolute atomic E-state index is 10.4. The fraction of sp³-hybridized carbons (Fsp3) is 0. The maximum Gasteiger partial charge on any atom is 0.346 e.